The van der Waals surface area contributed by atoms with Crippen LogP contribution < -0.4 is 5.32 Å². The molecule has 0 aliphatic carbocycles. The second-order valence-electron chi connectivity index (χ2n) is 6.39. The minimum absolute atomic E-state index is 0.154. The Morgan fingerprint density at radius 2 is 1.96 bits per heavy atom. The minimum Gasteiger partial charge on any atom is -0.371 e. The first-order valence-corrected chi connectivity index (χ1v) is 8.67. The van der Waals surface area contributed by atoms with Gasteiger partial charge < -0.3 is 10.1 Å². The van der Waals surface area contributed by atoms with Crippen molar-refractivity contribution in [1.29, 1.82) is 0 Å². The van der Waals surface area contributed by atoms with Gasteiger partial charge in [0.05, 0.1) is 18.8 Å². The van der Waals surface area contributed by atoms with Crippen LogP contribution in [0.1, 0.15) is 24.2 Å². The molecule has 1 amide bonds. The van der Waals surface area contributed by atoms with Crippen molar-refractivity contribution in [1.82, 2.24) is 10.2 Å². The summed E-state index contributed by atoms with van der Waals surface area (Å²) in [5, 5.41) is 2.79. The summed E-state index contributed by atoms with van der Waals surface area (Å²) in [6.45, 7) is 3.64. The van der Waals surface area contributed by atoms with Crippen molar-refractivity contribution in [3.63, 3.8) is 0 Å². The lowest BCUT2D eigenvalue weighted by Gasteiger charge is -2.36. The summed E-state index contributed by atoms with van der Waals surface area (Å²) in [6, 6.07) is 12.2. The normalized spacial score (nSPS) is 19.1. The molecule has 1 aliphatic heterocycles. The highest BCUT2D eigenvalue weighted by molar-refractivity contribution is 5.81. The minimum atomic E-state index is -0.367. The molecule has 1 heterocycles. The molecule has 26 heavy (non-hydrogen) atoms. The van der Waals surface area contributed by atoms with Gasteiger partial charge in [-0.2, -0.15) is 0 Å². The third-order valence-electron chi connectivity index (χ3n) is 4.68. The lowest BCUT2D eigenvalue weighted by Crippen LogP contribution is -2.50. The molecule has 2 unspecified atom stereocenters. The predicted octanol–water partition coefficient (Wildman–Crippen LogP) is 3.04. The quantitative estimate of drug-likeness (QED) is 0.891. The maximum atomic E-state index is 13.7. The van der Waals surface area contributed by atoms with E-state index in [1.807, 2.05) is 11.8 Å². The van der Waals surface area contributed by atoms with E-state index in [-0.39, 0.29) is 36.2 Å². The Morgan fingerprint density at radius 3 is 2.69 bits per heavy atom. The topological polar surface area (TPSA) is 41.6 Å². The Morgan fingerprint density at radius 1 is 1.23 bits per heavy atom. The second kappa shape index (κ2) is 8.38. The van der Waals surface area contributed by atoms with Crippen LogP contribution in [0.25, 0.3) is 0 Å². The van der Waals surface area contributed by atoms with Crippen molar-refractivity contribution in [2.45, 2.75) is 25.6 Å². The number of hydrogen-bond donors (Lipinski definition) is 1. The molecule has 0 spiro atoms. The maximum absolute atomic E-state index is 13.7. The molecule has 3 rings (SSSR count). The molecule has 0 radical (unpaired) electrons. The SMILES string of the molecule is CC(C(=O)NCc1ccccc1F)N1CCOC(c2ccc(F)cc2)C1. The lowest BCUT2D eigenvalue weighted by molar-refractivity contribution is -0.129. The molecule has 2 aromatic rings. The molecule has 0 saturated carbocycles. The number of amides is 1. The van der Waals surface area contributed by atoms with Crippen LogP contribution >= 0.6 is 0 Å². The van der Waals surface area contributed by atoms with Gasteiger partial charge in [-0.1, -0.05) is 30.3 Å². The first-order chi connectivity index (χ1) is 12.5. The molecule has 0 bridgehead atoms. The van der Waals surface area contributed by atoms with Crippen molar-refractivity contribution < 1.29 is 18.3 Å². The molecular formula is C20H22F2N2O2. The van der Waals surface area contributed by atoms with Gasteiger partial charge in [-0.15, -0.1) is 0 Å². The Labute approximate surface area is 151 Å². The summed E-state index contributed by atoms with van der Waals surface area (Å²) in [5.74, 6) is -0.779. The van der Waals surface area contributed by atoms with Gasteiger partial charge in [-0.25, -0.2) is 8.78 Å². The fourth-order valence-corrected chi connectivity index (χ4v) is 3.04. The van der Waals surface area contributed by atoms with E-state index in [1.54, 1.807) is 30.3 Å². The number of carbonyl (C=O) groups is 1. The van der Waals surface area contributed by atoms with Gasteiger partial charge in [0.2, 0.25) is 5.91 Å². The number of halogens is 2. The second-order valence-corrected chi connectivity index (χ2v) is 6.39. The number of ether oxygens (including phenoxy) is 1. The van der Waals surface area contributed by atoms with Gasteiger partial charge in [-0.3, -0.25) is 9.69 Å². The van der Waals surface area contributed by atoms with Gasteiger partial charge in [0.15, 0.2) is 0 Å². The van der Waals surface area contributed by atoms with E-state index in [2.05, 4.69) is 5.32 Å². The van der Waals surface area contributed by atoms with Gasteiger partial charge in [0.25, 0.3) is 0 Å². The van der Waals surface area contributed by atoms with Gasteiger partial charge in [0.1, 0.15) is 11.6 Å². The zero-order valence-corrected chi connectivity index (χ0v) is 14.6. The smallest absolute Gasteiger partial charge is 0.237 e. The Balaban J connectivity index is 1.58. The number of morpholine rings is 1. The number of carbonyl (C=O) groups excluding carboxylic acids is 1. The van der Waals surface area contributed by atoms with Crippen LogP contribution in [-0.4, -0.2) is 36.5 Å². The van der Waals surface area contributed by atoms with Gasteiger partial charge >= 0.3 is 0 Å². The first-order valence-electron chi connectivity index (χ1n) is 8.67. The number of nitrogens with one attached hydrogen (secondary N) is 1. The molecule has 1 N–H and O–H groups in total. The van der Waals surface area contributed by atoms with E-state index in [9.17, 15) is 13.6 Å². The molecule has 1 saturated heterocycles. The fourth-order valence-electron chi connectivity index (χ4n) is 3.04. The standard InChI is InChI=1S/C20H22F2N2O2/c1-14(20(25)23-12-16-4-2-3-5-18(16)22)24-10-11-26-19(13-24)15-6-8-17(21)9-7-15/h2-9,14,19H,10-13H2,1H3,(H,23,25). The van der Waals surface area contributed by atoms with E-state index in [0.717, 1.165) is 5.56 Å². The molecule has 6 heteroatoms. The highest BCUT2D eigenvalue weighted by Crippen LogP contribution is 2.23. The molecule has 1 fully saturated rings. The van der Waals surface area contributed by atoms with Crippen LogP contribution in [0.2, 0.25) is 0 Å². The number of nitrogens with zero attached hydrogens (tertiary/aromatic N) is 1. The van der Waals surface area contributed by atoms with E-state index >= 15 is 0 Å². The monoisotopic (exact) mass is 360 g/mol. The third kappa shape index (κ3) is 4.45. The first kappa shape index (κ1) is 18.5. The Kier molecular flexibility index (Phi) is 5.96. The van der Waals surface area contributed by atoms with Crippen molar-refractivity contribution in [3.8, 4) is 0 Å². The number of benzene rings is 2. The predicted molar refractivity (Wildman–Crippen MR) is 94.4 cm³/mol. The largest absolute Gasteiger partial charge is 0.371 e. The van der Waals surface area contributed by atoms with Gasteiger partial charge in [0, 0.05) is 25.2 Å². The van der Waals surface area contributed by atoms with E-state index in [4.69, 9.17) is 4.74 Å². The van der Waals surface area contributed by atoms with Crippen molar-refractivity contribution in [2.75, 3.05) is 19.7 Å². The lowest BCUT2D eigenvalue weighted by atomic mass is 10.1. The fraction of sp³-hybridized carbons (Fsp3) is 0.350. The van der Waals surface area contributed by atoms with E-state index in [1.165, 1.54) is 18.2 Å². The molecule has 2 aromatic carbocycles. The summed E-state index contributed by atoms with van der Waals surface area (Å²) in [7, 11) is 0. The van der Waals surface area contributed by atoms with Crippen LogP contribution in [0.4, 0.5) is 8.78 Å². The Hall–Kier alpha value is -2.31. The highest BCUT2D eigenvalue weighted by atomic mass is 19.1. The van der Waals surface area contributed by atoms with Crippen molar-refractivity contribution >= 4 is 5.91 Å². The maximum Gasteiger partial charge on any atom is 0.237 e. The van der Waals surface area contributed by atoms with E-state index in [0.29, 0.717) is 25.3 Å². The average molecular weight is 360 g/mol. The molecule has 1 aliphatic rings. The molecule has 4 nitrogen and oxygen atoms in total. The number of hydrogen-bond acceptors (Lipinski definition) is 3. The zero-order chi connectivity index (χ0) is 18.5. The summed E-state index contributed by atoms with van der Waals surface area (Å²) >= 11 is 0. The van der Waals surface area contributed by atoms with Crippen LogP contribution in [0.5, 0.6) is 0 Å². The Bertz CT molecular complexity index is 752. The van der Waals surface area contributed by atoms with E-state index < -0.39 is 0 Å². The average Bonchev–Trinajstić information content (AvgIpc) is 2.67. The molecular weight excluding hydrogens is 338 g/mol. The van der Waals surface area contributed by atoms with Crippen LogP contribution in [0.3, 0.4) is 0 Å². The van der Waals surface area contributed by atoms with Crippen molar-refractivity contribution in [3.05, 3.63) is 71.3 Å². The van der Waals surface area contributed by atoms with Crippen LogP contribution in [-0.2, 0) is 16.1 Å². The zero-order valence-electron chi connectivity index (χ0n) is 14.6. The summed E-state index contributed by atoms with van der Waals surface area (Å²) in [5.41, 5.74) is 1.34. The number of rotatable bonds is 5. The van der Waals surface area contributed by atoms with Gasteiger partial charge in [-0.05, 0) is 30.7 Å². The molecule has 0 aromatic heterocycles. The summed E-state index contributed by atoms with van der Waals surface area (Å²) in [6.07, 6.45) is -0.203. The summed E-state index contributed by atoms with van der Waals surface area (Å²) in [4.78, 5) is 14.5. The molecule has 138 valence electrons. The van der Waals surface area contributed by atoms with Crippen LogP contribution in [0, 0.1) is 11.6 Å². The highest BCUT2D eigenvalue weighted by Gasteiger charge is 2.28. The third-order valence-corrected chi connectivity index (χ3v) is 4.68. The van der Waals surface area contributed by atoms with Crippen molar-refractivity contribution in [2.24, 2.45) is 0 Å². The van der Waals surface area contributed by atoms with Crippen LogP contribution in [0.15, 0.2) is 48.5 Å². The molecule has 2 atom stereocenters. The summed E-state index contributed by atoms with van der Waals surface area (Å²) < 4.78 is 32.5.